The molecule has 0 spiro atoms. The first-order valence-corrected chi connectivity index (χ1v) is 7.36. The van der Waals surface area contributed by atoms with E-state index in [9.17, 15) is 18.0 Å². The third-order valence-electron chi connectivity index (χ3n) is 3.23. The number of ether oxygens (including phenoxy) is 1. The van der Waals surface area contributed by atoms with Crippen molar-refractivity contribution in [2.24, 2.45) is 14.1 Å². The normalized spacial score (nSPS) is 17.3. The average Bonchev–Trinajstić information content (AvgIpc) is 2.44. The minimum absolute atomic E-state index is 0.147. The Bertz CT molecular complexity index is 742. The Labute approximate surface area is 115 Å². The van der Waals surface area contributed by atoms with Crippen LogP contribution in [0.3, 0.4) is 0 Å². The zero-order valence-corrected chi connectivity index (χ0v) is 12.0. The first-order chi connectivity index (χ1) is 9.28. The largest absolute Gasteiger partial charge is 0.384 e. The lowest BCUT2D eigenvalue weighted by Crippen LogP contribution is -2.46. The maximum Gasteiger partial charge on any atom is 0.332 e. The second-order valence-electron chi connectivity index (χ2n) is 4.44. The molecule has 0 aliphatic carbocycles. The van der Waals surface area contributed by atoms with Crippen molar-refractivity contribution in [1.29, 1.82) is 0 Å². The van der Waals surface area contributed by atoms with Crippen molar-refractivity contribution in [1.82, 2.24) is 13.4 Å². The summed E-state index contributed by atoms with van der Waals surface area (Å²) in [5.74, 6) is -0.357. The van der Waals surface area contributed by atoms with Crippen molar-refractivity contribution in [2.75, 3.05) is 32.0 Å². The lowest BCUT2D eigenvalue weighted by molar-refractivity contribution is 0.0730. The van der Waals surface area contributed by atoms with Crippen LogP contribution in [0.5, 0.6) is 0 Å². The van der Waals surface area contributed by atoms with Gasteiger partial charge in [-0.05, 0) is 0 Å². The molecule has 0 unspecified atom stereocenters. The van der Waals surface area contributed by atoms with Gasteiger partial charge in [-0.15, -0.1) is 0 Å². The van der Waals surface area contributed by atoms with E-state index < -0.39 is 26.2 Å². The fourth-order valence-electron chi connectivity index (χ4n) is 1.99. The molecule has 2 N–H and O–H groups in total. The number of anilines is 1. The maximum atomic E-state index is 12.5. The Hall–Kier alpha value is -1.65. The van der Waals surface area contributed by atoms with E-state index in [0.29, 0.717) is 0 Å². The van der Waals surface area contributed by atoms with E-state index in [1.165, 1.54) is 14.1 Å². The number of nitrogens with two attached hydrogens (primary N) is 1. The standard InChI is InChI=1S/C10H16N4O5S/c1-12-8(11)7(9(15)13(2)10(12)16)20(17,18)14-3-5-19-6-4-14/h3-6,11H2,1-2H3. The molecule has 1 fully saturated rings. The van der Waals surface area contributed by atoms with Gasteiger partial charge in [0.05, 0.1) is 13.2 Å². The van der Waals surface area contributed by atoms with E-state index in [-0.39, 0.29) is 32.1 Å². The van der Waals surface area contributed by atoms with E-state index in [0.717, 1.165) is 13.4 Å². The highest BCUT2D eigenvalue weighted by molar-refractivity contribution is 7.89. The molecule has 1 aromatic heterocycles. The molecular formula is C10H16N4O5S. The number of hydrogen-bond donors (Lipinski definition) is 1. The maximum absolute atomic E-state index is 12.5. The average molecular weight is 304 g/mol. The van der Waals surface area contributed by atoms with Gasteiger partial charge in [-0.25, -0.2) is 13.2 Å². The second-order valence-corrected chi connectivity index (χ2v) is 6.31. The molecule has 9 nitrogen and oxygen atoms in total. The smallest absolute Gasteiger partial charge is 0.332 e. The van der Waals surface area contributed by atoms with Gasteiger partial charge in [-0.2, -0.15) is 4.31 Å². The second kappa shape index (κ2) is 5.04. The van der Waals surface area contributed by atoms with Crippen LogP contribution in [0, 0.1) is 0 Å². The molecule has 1 aliphatic heterocycles. The number of hydrogen-bond acceptors (Lipinski definition) is 6. The van der Waals surface area contributed by atoms with Gasteiger partial charge in [0, 0.05) is 27.2 Å². The van der Waals surface area contributed by atoms with Gasteiger partial charge >= 0.3 is 5.69 Å². The monoisotopic (exact) mass is 304 g/mol. The fourth-order valence-corrected chi connectivity index (χ4v) is 3.63. The van der Waals surface area contributed by atoms with E-state index in [1.54, 1.807) is 0 Å². The Kier molecular flexibility index (Phi) is 3.71. The van der Waals surface area contributed by atoms with Crippen LogP contribution in [-0.2, 0) is 28.9 Å². The van der Waals surface area contributed by atoms with E-state index in [2.05, 4.69) is 0 Å². The van der Waals surface area contributed by atoms with Crippen LogP contribution >= 0.6 is 0 Å². The number of nitrogens with zero attached hydrogens (tertiary/aromatic N) is 3. The number of aromatic nitrogens is 2. The third kappa shape index (κ3) is 2.15. The molecule has 1 aliphatic rings. The topological polar surface area (TPSA) is 117 Å². The minimum atomic E-state index is -4.05. The number of nitrogen functional groups attached to an aromatic ring is 1. The van der Waals surface area contributed by atoms with Crippen LogP contribution in [0.1, 0.15) is 0 Å². The first kappa shape index (κ1) is 14.8. The molecule has 1 saturated heterocycles. The molecule has 20 heavy (non-hydrogen) atoms. The first-order valence-electron chi connectivity index (χ1n) is 5.92. The summed E-state index contributed by atoms with van der Waals surface area (Å²) in [7, 11) is -1.52. The third-order valence-corrected chi connectivity index (χ3v) is 5.18. The van der Waals surface area contributed by atoms with Crippen molar-refractivity contribution in [3.05, 3.63) is 20.8 Å². The van der Waals surface area contributed by atoms with Gasteiger partial charge in [0.1, 0.15) is 5.82 Å². The number of morpholine rings is 1. The zero-order chi connectivity index (χ0) is 15.1. The molecule has 2 heterocycles. The van der Waals surface area contributed by atoms with Crippen molar-refractivity contribution >= 4 is 15.8 Å². The molecular weight excluding hydrogens is 288 g/mol. The van der Waals surface area contributed by atoms with Crippen molar-refractivity contribution < 1.29 is 13.2 Å². The van der Waals surface area contributed by atoms with Crippen molar-refractivity contribution in [3.63, 3.8) is 0 Å². The van der Waals surface area contributed by atoms with Gasteiger partial charge in [-0.1, -0.05) is 0 Å². The summed E-state index contributed by atoms with van der Waals surface area (Å²) in [4.78, 5) is 23.2. The van der Waals surface area contributed by atoms with Gasteiger partial charge < -0.3 is 10.5 Å². The molecule has 10 heteroatoms. The Morgan fingerprint density at radius 1 is 1.10 bits per heavy atom. The van der Waals surface area contributed by atoms with E-state index >= 15 is 0 Å². The van der Waals surface area contributed by atoms with Crippen LogP contribution in [-0.4, -0.2) is 48.2 Å². The van der Waals surface area contributed by atoms with Crippen LogP contribution < -0.4 is 17.0 Å². The fraction of sp³-hybridized carbons (Fsp3) is 0.600. The van der Waals surface area contributed by atoms with Crippen LogP contribution in [0.25, 0.3) is 0 Å². The van der Waals surface area contributed by atoms with Gasteiger partial charge in [0.2, 0.25) is 0 Å². The Morgan fingerprint density at radius 2 is 1.65 bits per heavy atom. The molecule has 0 aromatic carbocycles. The zero-order valence-electron chi connectivity index (χ0n) is 11.2. The van der Waals surface area contributed by atoms with Crippen LogP contribution in [0.4, 0.5) is 5.82 Å². The molecule has 2 rings (SSSR count). The van der Waals surface area contributed by atoms with Gasteiger partial charge in [0.15, 0.2) is 4.90 Å². The predicted molar refractivity (Wildman–Crippen MR) is 70.9 cm³/mol. The number of sulfonamides is 1. The summed E-state index contributed by atoms with van der Waals surface area (Å²) in [6, 6.07) is 0. The summed E-state index contributed by atoms with van der Waals surface area (Å²) in [5, 5.41) is 0. The van der Waals surface area contributed by atoms with E-state index in [4.69, 9.17) is 10.5 Å². The summed E-state index contributed by atoms with van der Waals surface area (Å²) in [6.45, 7) is 0.804. The minimum Gasteiger partial charge on any atom is -0.384 e. The summed E-state index contributed by atoms with van der Waals surface area (Å²) in [6.07, 6.45) is 0. The molecule has 0 amide bonds. The van der Waals surface area contributed by atoms with Crippen molar-refractivity contribution in [3.8, 4) is 0 Å². The molecule has 1 aromatic rings. The molecule has 112 valence electrons. The SMILES string of the molecule is Cn1c(N)c(S(=O)(=O)N2CCOCC2)c(=O)n(C)c1=O. The summed E-state index contributed by atoms with van der Waals surface area (Å²) < 4.78 is 32.9. The van der Waals surface area contributed by atoms with E-state index in [1.807, 2.05) is 0 Å². The summed E-state index contributed by atoms with van der Waals surface area (Å²) >= 11 is 0. The molecule has 0 bridgehead atoms. The van der Waals surface area contributed by atoms with Gasteiger partial charge in [0.25, 0.3) is 15.6 Å². The molecule has 0 atom stereocenters. The quantitative estimate of drug-likeness (QED) is 0.656. The van der Waals surface area contributed by atoms with Gasteiger partial charge in [-0.3, -0.25) is 13.9 Å². The Balaban J connectivity index is 2.69. The molecule has 0 radical (unpaired) electrons. The summed E-state index contributed by atoms with van der Waals surface area (Å²) in [5.41, 5.74) is 4.07. The lowest BCUT2D eigenvalue weighted by atomic mass is 10.5. The molecule has 0 saturated carbocycles. The lowest BCUT2D eigenvalue weighted by Gasteiger charge is -2.26. The van der Waals surface area contributed by atoms with Crippen LogP contribution in [0.2, 0.25) is 0 Å². The Morgan fingerprint density at radius 3 is 2.20 bits per heavy atom. The van der Waals surface area contributed by atoms with Crippen molar-refractivity contribution in [2.45, 2.75) is 4.90 Å². The van der Waals surface area contributed by atoms with Crippen LogP contribution in [0.15, 0.2) is 14.5 Å². The highest BCUT2D eigenvalue weighted by Crippen LogP contribution is 2.17. The number of rotatable bonds is 2. The predicted octanol–water partition coefficient (Wildman–Crippen LogP) is -2.31. The highest BCUT2D eigenvalue weighted by Gasteiger charge is 2.32. The highest BCUT2D eigenvalue weighted by atomic mass is 32.2.